The Hall–Kier alpha value is -1.30. The Morgan fingerprint density at radius 3 is 2.93 bits per heavy atom. The van der Waals surface area contributed by atoms with Crippen molar-refractivity contribution in [3.63, 3.8) is 0 Å². The first kappa shape index (κ1) is 19.0. The molecule has 1 aromatic heterocycles. The van der Waals surface area contributed by atoms with Crippen LogP contribution in [0, 0.1) is 0 Å². The fourth-order valence-electron chi connectivity index (χ4n) is 4.15. The molecule has 1 fully saturated rings. The van der Waals surface area contributed by atoms with Gasteiger partial charge in [-0.2, -0.15) is 0 Å². The lowest BCUT2D eigenvalue weighted by atomic mass is 9.97. The highest BCUT2D eigenvalue weighted by Gasteiger charge is 2.27. The molecule has 3 heterocycles. The lowest BCUT2D eigenvalue weighted by Gasteiger charge is -2.32. The zero-order valence-electron chi connectivity index (χ0n) is 15.5. The number of aryl methyl sites for hydroxylation is 1. The number of rotatable bonds is 5. The van der Waals surface area contributed by atoms with Crippen molar-refractivity contribution >= 4 is 23.2 Å². The van der Waals surface area contributed by atoms with Crippen molar-refractivity contribution in [3.05, 3.63) is 39.9 Å². The normalized spacial score (nSPS) is 20.9. The van der Waals surface area contributed by atoms with Gasteiger partial charge in [-0.3, -0.25) is 4.90 Å². The molecule has 2 aliphatic rings. The number of nitrogens with zero attached hydrogens (tertiary/aromatic N) is 4. The van der Waals surface area contributed by atoms with Gasteiger partial charge in [0.25, 0.3) is 0 Å². The number of benzene rings is 1. The third-order valence-corrected chi connectivity index (χ3v) is 6.11. The number of hydrogen-bond donors (Lipinski definition) is 0. The zero-order chi connectivity index (χ0) is 18.6. The molecule has 0 saturated carbocycles. The van der Waals surface area contributed by atoms with Gasteiger partial charge in [0, 0.05) is 43.1 Å². The Bertz CT molecular complexity index is 779. The zero-order valence-corrected chi connectivity index (χ0v) is 17.1. The molecule has 1 atom stereocenters. The standard InChI is InChI=1S/C20H26Cl2N4O/c21-16-7-8-17(22)18(13-16)27-12-11-25-9-4-5-15(14-25)20-24-23-19-6-2-1-3-10-26(19)20/h7-8,13,15H,1-6,9-12,14H2. The SMILES string of the molecule is Clc1ccc(Cl)c(OCCN2CCCC(c3nnc4n3CCCCC4)C2)c1. The smallest absolute Gasteiger partial charge is 0.139 e. The third kappa shape index (κ3) is 4.58. The first-order valence-electron chi connectivity index (χ1n) is 9.93. The molecule has 27 heavy (non-hydrogen) atoms. The molecule has 0 bridgehead atoms. The van der Waals surface area contributed by atoms with E-state index in [2.05, 4.69) is 19.7 Å². The second-order valence-corrected chi connectivity index (χ2v) is 8.34. The molecule has 7 heteroatoms. The van der Waals surface area contributed by atoms with E-state index >= 15 is 0 Å². The Morgan fingerprint density at radius 2 is 2.00 bits per heavy atom. The van der Waals surface area contributed by atoms with Gasteiger partial charge in [-0.25, -0.2) is 0 Å². The summed E-state index contributed by atoms with van der Waals surface area (Å²) in [4.78, 5) is 2.46. The Labute approximate surface area is 170 Å². The summed E-state index contributed by atoms with van der Waals surface area (Å²) >= 11 is 12.2. The van der Waals surface area contributed by atoms with Gasteiger partial charge < -0.3 is 9.30 Å². The maximum atomic E-state index is 6.17. The number of fused-ring (bicyclic) bond motifs is 1. The van der Waals surface area contributed by atoms with Gasteiger partial charge in [-0.1, -0.05) is 29.6 Å². The predicted molar refractivity (Wildman–Crippen MR) is 108 cm³/mol. The van der Waals surface area contributed by atoms with Crippen LogP contribution >= 0.6 is 23.2 Å². The van der Waals surface area contributed by atoms with Gasteiger partial charge in [-0.05, 0) is 44.4 Å². The van der Waals surface area contributed by atoms with Gasteiger partial charge in [0.05, 0.1) is 5.02 Å². The van der Waals surface area contributed by atoms with Crippen LogP contribution in [0.5, 0.6) is 5.75 Å². The van der Waals surface area contributed by atoms with E-state index in [9.17, 15) is 0 Å². The van der Waals surface area contributed by atoms with Crippen molar-refractivity contribution < 1.29 is 4.74 Å². The molecule has 2 aliphatic heterocycles. The quantitative estimate of drug-likeness (QED) is 0.726. The van der Waals surface area contributed by atoms with Crippen molar-refractivity contribution in [2.45, 2.75) is 51.0 Å². The molecule has 0 spiro atoms. The summed E-state index contributed by atoms with van der Waals surface area (Å²) in [6.07, 6.45) is 7.21. The van der Waals surface area contributed by atoms with Crippen LogP contribution in [0.1, 0.15) is 49.7 Å². The Kier molecular flexibility index (Phi) is 6.21. The minimum Gasteiger partial charge on any atom is -0.491 e. The van der Waals surface area contributed by atoms with E-state index in [-0.39, 0.29) is 0 Å². The summed E-state index contributed by atoms with van der Waals surface area (Å²) in [6, 6.07) is 5.31. The average molecular weight is 409 g/mol. The molecule has 146 valence electrons. The molecule has 1 aromatic carbocycles. The summed E-state index contributed by atoms with van der Waals surface area (Å²) < 4.78 is 8.25. The lowest BCUT2D eigenvalue weighted by Crippen LogP contribution is -2.38. The van der Waals surface area contributed by atoms with E-state index in [0.29, 0.717) is 28.3 Å². The first-order chi connectivity index (χ1) is 13.2. The summed E-state index contributed by atoms with van der Waals surface area (Å²) in [5, 5.41) is 10.3. The molecule has 0 amide bonds. The van der Waals surface area contributed by atoms with Crippen molar-refractivity contribution in [3.8, 4) is 5.75 Å². The molecule has 4 rings (SSSR count). The molecule has 0 radical (unpaired) electrons. The second kappa shape index (κ2) is 8.80. The van der Waals surface area contributed by atoms with E-state index in [1.165, 1.54) is 43.8 Å². The van der Waals surface area contributed by atoms with Crippen LogP contribution in [0.3, 0.4) is 0 Å². The number of halogens is 2. The highest BCUT2D eigenvalue weighted by Crippen LogP contribution is 2.29. The van der Waals surface area contributed by atoms with E-state index in [4.69, 9.17) is 27.9 Å². The van der Waals surface area contributed by atoms with Crippen molar-refractivity contribution in [1.29, 1.82) is 0 Å². The topological polar surface area (TPSA) is 43.2 Å². The van der Waals surface area contributed by atoms with E-state index in [1.807, 2.05) is 0 Å². The summed E-state index contributed by atoms with van der Waals surface area (Å²) in [6.45, 7) is 4.67. The maximum absolute atomic E-state index is 6.17. The largest absolute Gasteiger partial charge is 0.491 e. The van der Waals surface area contributed by atoms with Crippen LogP contribution in [-0.2, 0) is 13.0 Å². The van der Waals surface area contributed by atoms with Gasteiger partial charge in [0.1, 0.15) is 24.0 Å². The monoisotopic (exact) mass is 408 g/mol. The van der Waals surface area contributed by atoms with Crippen molar-refractivity contribution in [2.24, 2.45) is 0 Å². The number of likely N-dealkylation sites (tertiary alicyclic amines) is 1. The Morgan fingerprint density at radius 1 is 1.07 bits per heavy atom. The van der Waals surface area contributed by atoms with Crippen LogP contribution in [0.15, 0.2) is 18.2 Å². The van der Waals surface area contributed by atoms with Crippen LogP contribution in [0.2, 0.25) is 10.0 Å². The fraction of sp³-hybridized carbons (Fsp3) is 0.600. The second-order valence-electron chi connectivity index (χ2n) is 7.50. The molecule has 0 N–H and O–H groups in total. The number of aromatic nitrogens is 3. The molecule has 1 unspecified atom stereocenters. The molecule has 2 aromatic rings. The highest BCUT2D eigenvalue weighted by atomic mass is 35.5. The molecule has 1 saturated heterocycles. The number of ether oxygens (including phenoxy) is 1. The van der Waals surface area contributed by atoms with Crippen LogP contribution in [0.25, 0.3) is 0 Å². The summed E-state index contributed by atoms with van der Waals surface area (Å²) in [5.74, 6) is 3.49. The van der Waals surface area contributed by atoms with Gasteiger partial charge in [0.2, 0.25) is 0 Å². The number of hydrogen-bond acceptors (Lipinski definition) is 4. The third-order valence-electron chi connectivity index (χ3n) is 5.57. The maximum Gasteiger partial charge on any atom is 0.139 e. The minimum atomic E-state index is 0.466. The lowest BCUT2D eigenvalue weighted by molar-refractivity contribution is 0.166. The molecular weight excluding hydrogens is 383 g/mol. The first-order valence-corrected chi connectivity index (χ1v) is 10.7. The van der Waals surface area contributed by atoms with Crippen molar-refractivity contribution in [1.82, 2.24) is 19.7 Å². The van der Waals surface area contributed by atoms with Gasteiger partial charge in [0.15, 0.2) is 0 Å². The van der Waals surface area contributed by atoms with E-state index in [0.717, 1.165) is 32.6 Å². The summed E-state index contributed by atoms with van der Waals surface area (Å²) in [7, 11) is 0. The van der Waals surface area contributed by atoms with Crippen LogP contribution in [-0.4, -0.2) is 45.9 Å². The van der Waals surface area contributed by atoms with E-state index < -0.39 is 0 Å². The predicted octanol–water partition coefficient (Wildman–Crippen LogP) is 4.57. The molecule has 0 aliphatic carbocycles. The highest BCUT2D eigenvalue weighted by molar-refractivity contribution is 6.34. The van der Waals surface area contributed by atoms with Crippen LogP contribution in [0.4, 0.5) is 0 Å². The van der Waals surface area contributed by atoms with Crippen molar-refractivity contribution in [2.75, 3.05) is 26.2 Å². The van der Waals surface area contributed by atoms with E-state index in [1.54, 1.807) is 18.2 Å². The van der Waals surface area contributed by atoms with Crippen LogP contribution < -0.4 is 4.74 Å². The Balaban J connectivity index is 1.35. The number of piperidine rings is 1. The molecule has 5 nitrogen and oxygen atoms in total. The van der Waals surface area contributed by atoms with Gasteiger partial charge >= 0.3 is 0 Å². The minimum absolute atomic E-state index is 0.466. The molecular formula is C20H26Cl2N4O. The summed E-state index contributed by atoms with van der Waals surface area (Å²) in [5.41, 5.74) is 0. The van der Waals surface area contributed by atoms with Gasteiger partial charge in [-0.15, -0.1) is 10.2 Å². The fourth-order valence-corrected chi connectivity index (χ4v) is 4.49. The average Bonchev–Trinajstić information content (AvgIpc) is 2.93.